The van der Waals surface area contributed by atoms with Gasteiger partial charge in [-0.25, -0.2) is 0 Å². The number of hydrogen-bond donors (Lipinski definition) is 1. The van der Waals surface area contributed by atoms with Crippen LogP contribution in [0.5, 0.6) is 11.5 Å². The van der Waals surface area contributed by atoms with Crippen molar-refractivity contribution >= 4 is 17.6 Å². The van der Waals surface area contributed by atoms with E-state index in [1.54, 1.807) is 19.1 Å². The van der Waals surface area contributed by atoms with Crippen molar-refractivity contribution in [2.24, 2.45) is 0 Å². The molecule has 1 aromatic rings. The normalized spacial score (nSPS) is 24.0. The van der Waals surface area contributed by atoms with Crippen molar-refractivity contribution in [3.63, 3.8) is 0 Å². The van der Waals surface area contributed by atoms with Crippen molar-refractivity contribution < 1.29 is 24.1 Å². The molecule has 2 atom stereocenters. The van der Waals surface area contributed by atoms with E-state index in [2.05, 4.69) is 0 Å². The van der Waals surface area contributed by atoms with Crippen LogP contribution in [0.3, 0.4) is 0 Å². The zero-order chi connectivity index (χ0) is 15.6. The first-order valence-corrected chi connectivity index (χ1v) is 7.20. The lowest BCUT2D eigenvalue weighted by molar-refractivity contribution is -0.151. The molecule has 1 N–H and O–H groups in total. The lowest BCUT2D eigenvalue weighted by Gasteiger charge is -2.37. The monoisotopic (exact) mass is 314 g/mol. The molecule has 0 saturated carbocycles. The average molecular weight is 315 g/mol. The molecule has 5 nitrogen and oxygen atoms in total. The molecule has 0 aromatic heterocycles. The van der Waals surface area contributed by atoms with Gasteiger partial charge in [-0.1, -0.05) is 11.6 Å². The first-order valence-electron chi connectivity index (χ1n) is 6.82. The fourth-order valence-electron chi connectivity index (χ4n) is 2.61. The van der Waals surface area contributed by atoms with Gasteiger partial charge >= 0.3 is 5.97 Å². The Balaban J connectivity index is 2.41. The van der Waals surface area contributed by atoms with Crippen LogP contribution in [0, 0.1) is 0 Å². The van der Waals surface area contributed by atoms with Crippen LogP contribution in [0.4, 0.5) is 0 Å². The van der Waals surface area contributed by atoms with Gasteiger partial charge in [-0.3, -0.25) is 4.79 Å². The topological polar surface area (TPSA) is 65.0 Å². The molecule has 0 spiro atoms. The summed E-state index contributed by atoms with van der Waals surface area (Å²) in [6.07, 6.45) is -0.0751. The molecule has 1 aliphatic heterocycles. The average Bonchev–Trinajstić information content (AvgIpc) is 2.39. The zero-order valence-corrected chi connectivity index (χ0v) is 13.1. The lowest BCUT2D eigenvalue weighted by Crippen LogP contribution is -2.39. The zero-order valence-electron chi connectivity index (χ0n) is 12.3. The molecular weight excluding hydrogens is 296 g/mol. The number of hydrogen-bond acceptors (Lipinski definition) is 5. The number of ether oxygens (including phenoxy) is 3. The van der Waals surface area contributed by atoms with Crippen molar-refractivity contribution in [3.05, 3.63) is 22.7 Å². The maximum Gasteiger partial charge on any atom is 0.309 e. The molecule has 0 saturated heterocycles. The second-order valence-electron chi connectivity index (χ2n) is 5.13. The van der Waals surface area contributed by atoms with Gasteiger partial charge in [0.1, 0.15) is 17.1 Å². The Morgan fingerprint density at radius 3 is 2.90 bits per heavy atom. The molecule has 1 aromatic carbocycles. The van der Waals surface area contributed by atoms with Crippen LogP contribution in [0.25, 0.3) is 0 Å². The summed E-state index contributed by atoms with van der Waals surface area (Å²) in [5.74, 6) is 0.483. The Labute approximate surface area is 128 Å². The van der Waals surface area contributed by atoms with Crippen molar-refractivity contribution in [3.8, 4) is 11.5 Å². The summed E-state index contributed by atoms with van der Waals surface area (Å²) in [4.78, 5) is 11.8. The minimum Gasteiger partial charge on any atom is -0.495 e. The molecule has 0 bridgehead atoms. The molecule has 0 amide bonds. The highest BCUT2D eigenvalue weighted by atomic mass is 35.5. The fourth-order valence-corrected chi connectivity index (χ4v) is 2.86. The van der Waals surface area contributed by atoms with Gasteiger partial charge in [-0.05, 0) is 19.9 Å². The van der Waals surface area contributed by atoms with E-state index in [4.69, 9.17) is 25.8 Å². The van der Waals surface area contributed by atoms with Crippen LogP contribution in [-0.2, 0) is 15.1 Å². The molecule has 0 unspecified atom stereocenters. The Morgan fingerprint density at radius 1 is 1.57 bits per heavy atom. The number of benzene rings is 1. The number of fused-ring (bicyclic) bond motifs is 1. The highest BCUT2D eigenvalue weighted by Crippen LogP contribution is 2.45. The summed E-state index contributed by atoms with van der Waals surface area (Å²) in [5.41, 5.74) is -0.866. The van der Waals surface area contributed by atoms with E-state index in [-0.39, 0.29) is 19.1 Å². The number of methoxy groups -OCH3 is 1. The molecule has 2 rings (SSSR count). The molecule has 0 aliphatic carbocycles. The van der Waals surface area contributed by atoms with E-state index < -0.39 is 11.6 Å². The van der Waals surface area contributed by atoms with E-state index in [9.17, 15) is 9.90 Å². The van der Waals surface area contributed by atoms with Crippen molar-refractivity contribution in [1.29, 1.82) is 0 Å². The number of esters is 1. The molecule has 21 heavy (non-hydrogen) atoms. The number of carbonyl (C=O) groups excluding carboxylic acids is 1. The number of rotatable bonds is 4. The van der Waals surface area contributed by atoms with Crippen molar-refractivity contribution in [2.75, 3.05) is 13.7 Å². The Hall–Kier alpha value is -1.46. The summed E-state index contributed by atoms with van der Waals surface area (Å²) in [6, 6.07) is 3.21. The van der Waals surface area contributed by atoms with Gasteiger partial charge < -0.3 is 19.3 Å². The van der Waals surface area contributed by atoms with Crippen LogP contribution in [0.15, 0.2) is 12.1 Å². The van der Waals surface area contributed by atoms with Crippen molar-refractivity contribution in [2.45, 2.75) is 38.4 Å². The Morgan fingerprint density at radius 2 is 2.29 bits per heavy atom. The van der Waals surface area contributed by atoms with Crippen LogP contribution < -0.4 is 9.47 Å². The summed E-state index contributed by atoms with van der Waals surface area (Å²) in [5, 5.41) is 11.3. The highest BCUT2D eigenvalue weighted by molar-refractivity contribution is 6.32. The lowest BCUT2D eigenvalue weighted by atomic mass is 9.83. The van der Waals surface area contributed by atoms with Gasteiger partial charge in [0.15, 0.2) is 0 Å². The first kappa shape index (κ1) is 15.9. The third-order valence-electron chi connectivity index (χ3n) is 3.45. The molecular formula is C15H19ClO5. The maximum atomic E-state index is 11.8. The van der Waals surface area contributed by atoms with Gasteiger partial charge in [-0.2, -0.15) is 0 Å². The van der Waals surface area contributed by atoms with E-state index in [1.165, 1.54) is 7.11 Å². The van der Waals surface area contributed by atoms with Gasteiger partial charge in [0, 0.05) is 18.1 Å². The second-order valence-corrected chi connectivity index (χ2v) is 5.54. The quantitative estimate of drug-likeness (QED) is 0.866. The van der Waals surface area contributed by atoms with Crippen LogP contribution in [0.2, 0.25) is 5.02 Å². The summed E-state index contributed by atoms with van der Waals surface area (Å²) in [7, 11) is 1.50. The molecule has 6 heteroatoms. The second kappa shape index (κ2) is 6.12. The third-order valence-corrected chi connectivity index (χ3v) is 3.75. The SMILES string of the molecule is CCOC(=O)C[C@]1(O)C[C@@H](C)Oc2cc(OC)c(Cl)cc21. The fraction of sp³-hybridized carbons (Fsp3) is 0.533. The largest absolute Gasteiger partial charge is 0.495 e. The Bertz CT molecular complexity index is 545. The van der Waals surface area contributed by atoms with Gasteiger partial charge in [0.05, 0.1) is 31.3 Å². The van der Waals surface area contributed by atoms with E-state index in [0.717, 1.165) is 0 Å². The van der Waals surface area contributed by atoms with Gasteiger partial charge in [0.25, 0.3) is 0 Å². The van der Waals surface area contributed by atoms with E-state index >= 15 is 0 Å². The first-order chi connectivity index (χ1) is 9.89. The molecule has 0 radical (unpaired) electrons. The van der Waals surface area contributed by atoms with Gasteiger partial charge in [0.2, 0.25) is 0 Å². The smallest absolute Gasteiger partial charge is 0.309 e. The number of aliphatic hydroxyl groups is 1. The van der Waals surface area contributed by atoms with Crippen LogP contribution >= 0.6 is 11.6 Å². The maximum absolute atomic E-state index is 11.8. The molecule has 116 valence electrons. The number of carbonyl (C=O) groups is 1. The van der Waals surface area contributed by atoms with E-state index in [0.29, 0.717) is 28.5 Å². The summed E-state index contributed by atoms with van der Waals surface area (Å²) in [6.45, 7) is 3.83. The highest BCUT2D eigenvalue weighted by Gasteiger charge is 2.41. The van der Waals surface area contributed by atoms with Crippen LogP contribution in [0.1, 0.15) is 32.3 Å². The summed E-state index contributed by atoms with van der Waals surface area (Å²) >= 11 is 6.11. The number of halogens is 1. The van der Waals surface area contributed by atoms with Crippen molar-refractivity contribution in [1.82, 2.24) is 0 Å². The minimum atomic E-state index is -1.35. The predicted octanol–water partition coefficient (Wildman–Crippen LogP) is 2.66. The van der Waals surface area contributed by atoms with E-state index in [1.807, 2.05) is 6.92 Å². The third kappa shape index (κ3) is 3.24. The molecule has 1 aliphatic rings. The standard InChI is InChI=1S/C15H19ClO5/c1-4-20-14(17)8-15(18)7-9(2)21-12-6-13(19-3)11(16)5-10(12)15/h5-6,9,18H,4,7-8H2,1-3H3/t9-,15-/m1/s1. The summed E-state index contributed by atoms with van der Waals surface area (Å²) < 4.78 is 15.8. The Kier molecular flexibility index (Phi) is 4.64. The predicted molar refractivity (Wildman–Crippen MR) is 77.9 cm³/mol. The molecule has 1 heterocycles. The van der Waals surface area contributed by atoms with Gasteiger partial charge in [-0.15, -0.1) is 0 Å². The van der Waals surface area contributed by atoms with Crippen LogP contribution in [-0.4, -0.2) is 30.9 Å². The minimum absolute atomic E-state index is 0.135. The molecule has 0 fully saturated rings.